The summed E-state index contributed by atoms with van der Waals surface area (Å²) in [5.74, 6) is -2.10. The second kappa shape index (κ2) is 8.76. The average molecular weight is 485 g/mol. The third kappa shape index (κ3) is 4.56. The average Bonchev–Trinajstić information content (AvgIpc) is 3.38. The zero-order valence-electron chi connectivity index (χ0n) is 16.7. The molecule has 10 nitrogen and oxygen atoms in total. The fraction of sp³-hybridized carbons (Fsp3) is 0.0476. The highest BCUT2D eigenvalue weighted by molar-refractivity contribution is 7.16. The Hall–Kier alpha value is -4.16. The Morgan fingerprint density at radius 1 is 0.818 bits per heavy atom. The fourth-order valence-corrected chi connectivity index (χ4v) is 4.72. The summed E-state index contributed by atoms with van der Waals surface area (Å²) in [6, 6.07) is 8.08. The lowest BCUT2D eigenvalue weighted by molar-refractivity contribution is -0.125. The Kier molecular flexibility index (Phi) is 5.85. The molecule has 168 valence electrons. The number of aromatic nitrogens is 2. The van der Waals surface area contributed by atoms with Crippen LogP contribution >= 0.6 is 22.7 Å². The topological polar surface area (TPSA) is 170 Å². The van der Waals surface area contributed by atoms with Crippen molar-refractivity contribution in [2.45, 2.75) is 6.42 Å². The van der Waals surface area contributed by atoms with Gasteiger partial charge in [-0.2, -0.15) is 0 Å². The molecular weight excluding hydrogens is 468 g/mol. The number of rotatable bonds is 6. The Labute approximate surface area is 194 Å². The monoisotopic (exact) mass is 484 g/mol. The van der Waals surface area contributed by atoms with Gasteiger partial charge in [-0.1, -0.05) is 0 Å². The van der Waals surface area contributed by atoms with Gasteiger partial charge in [0.25, 0.3) is 0 Å². The van der Waals surface area contributed by atoms with Crippen LogP contribution in [0.1, 0.15) is 6.42 Å². The number of anilines is 2. The van der Waals surface area contributed by atoms with Crippen LogP contribution < -0.4 is 10.6 Å². The Balaban J connectivity index is 1.74. The highest BCUT2D eigenvalue weighted by atomic mass is 32.1. The molecule has 0 aliphatic rings. The fourth-order valence-electron chi connectivity index (χ4n) is 2.98. The normalized spacial score (nSPS) is 10.8. The van der Waals surface area contributed by atoms with Crippen molar-refractivity contribution in [2.24, 2.45) is 5.73 Å². The van der Waals surface area contributed by atoms with Crippen LogP contribution in [0.4, 0.5) is 10.3 Å². The van der Waals surface area contributed by atoms with Gasteiger partial charge in [-0.05, 0) is 24.3 Å². The van der Waals surface area contributed by atoms with Crippen molar-refractivity contribution in [1.29, 1.82) is 0 Å². The molecule has 4 rings (SSSR count). The van der Waals surface area contributed by atoms with Crippen molar-refractivity contribution >= 4 is 44.8 Å². The Bertz CT molecular complexity index is 1280. The van der Waals surface area contributed by atoms with Gasteiger partial charge in [-0.15, -0.1) is 22.7 Å². The number of phenolic OH excluding ortho intramolecular Hbond substituents is 4. The quantitative estimate of drug-likeness (QED) is 0.260. The number of hydrogen-bond acceptors (Lipinski definition) is 10. The Morgan fingerprint density at radius 3 is 1.67 bits per heavy atom. The highest BCUT2D eigenvalue weighted by Crippen LogP contribution is 2.40. The molecule has 33 heavy (non-hydrogen) atoms. The predicted molar refractivity (Wildman–Crippen MR) is 123 cm³/mol. The second-order valence-corrected chi connectivity index (χ2v) is 8.48. The minimum atomic E-state index is -0.828. The number of nitrogens with zero attached hydrogens (tertiary/aromatic N) is 3. The number of aromatic hydroxyl groups is 4. The van der Waals surface area contributed by atoms with Crippen molar-refractivity contribution in [3.63, 3.8) is 0 Å². The summed E-state index contributed by atoms with van der Waals surface area (Å²) >= 11 is 2.16. The highest BCUT2D eigenvalue weighted by Gasteiger charge is 2.26. The van der Waals surface area contributed by atoms with E-state index >= 15 is 0 Å². The number of benzene rings is 2. The van der Waals surface area contributed by atoms with Gasteiger partial charge in [-0.25, -0.2) is 14.9 Å². The van der Waals surface area contributed by atoms with Gasteiger partial charge >= 0.3 is 0 Å². The first-order valence-corrected chi connectivity index (χ1v) is 11.1. The van der Waals surface area contributed by atoms with Crippen LogP contribution in [0.2, 0.25) is 0 Å². The number of carbonyl (C=O) groups excluding carboxylic acids is 2. The maximum Gasteiger partial charge on any atom is 0.244 e. The molecule has 0 aliphatic heterocycles. The second-order valence-electron chi connectivity index (χ2n) is 6.81. The van der Waals surface area contributed by atoms with E-state index in [1.165, 1.54) is 36.4 Å². The zero-order valence-corrected chi connectivity index (χ0v) is 18.3. The number of hydrogen-bond donors (Lipinski definition) is 5. The smallest absolute Gasteiger partial charge is 0.244 e. The molecule has 0 aliphatic carbocycles. The van der Waals surface area contributed by atoms with Crippen molar-refractivity contribution in [2.75, 3.05) is 4.90 Å². The molecule has 2 heterocycles. The third-order valence-corrected chi connectivity index (χ3v) is 6.11. The van der Waals surface area contributed by atoms with Crippen molar-refractivity contribution in [1.82, 2.24) is 9.97 Å². The summed E-state index contributed by atoms with van der Waals surface area (Å²) in [6.45, 7) is 0. The molecule has 0 spiro atoms. The van der Waals surface area contributed by atoms with Gasteiger partial charge < -0.3 is 26.2 Å². The molecular formula is C21H16N4O6S2. The number of primary amides is 1. The number of carbonyl (C=O) groups is 2. The standard InChI is InChI=1S/C21H16N4O6S2/c22-18(30)7-19(31)25(20-23-14(8-32-20)12-3-1-10(26)5-16(12)28)21-24-15(9-33-21)13-4-2-11(27)6-17(13)29/h1-6,8-9,26-29H,7H2,(H2,22,30). The number of thiazole rings is 2. The number of nitrogens with two attached hydrogens (primary N) is 1. The van der Waals surface area contributed by atoms with Gasteiger partial charge in [0.15, 0.2) is 10.3 Å². The van der Waals surface area contributed by atoms with Gasteiger partial charge in [0.2, 0.25) is 11.8 Å². The van der Waals surface area contributed by atoms with E-state index in [4.69, 9.17) is 5.73 Å². The van der Waals surface area contributed by atoms with E-state index in [1.807, 2.05) is 0 Å². The number of amides is 2. The first-order valence-electron chi connectivity index (χ1n) is 9.30. The van der Waals surface area contributed by atoms with Crippen LogP contribution in [0.15, 0.2) is 47.2 Å². The zero-order chi connectivity index (χ0) is 23.7. The van der Waals surface area contributed by atoms with E-state index in [2.05, 4.69) is 9.97 Å². The van der Waals surface area contributed by atoms with E-state index < -0.39 is 18.2 Å². The molecule has 2 aromatic heterocycles. The van der Waals surface area contributed by atoms with E-state index in [9.17, 15) is 30.0 Å². The van der Waals surface area contributed by atoms with Gasteiger partial charge in [-0.3, -0.25) is 9.59 Å². The molecule has 6 N–H and O–H groups in total. The number of phenols is 4. The Morgan fingerprint density at radius 2 is 1.27 bits per heavy atom. The van der Waals surface area contributed by atoms with Crippen LogP contribution in [0.25, 0.3) is 22.5 Å². The summed E-state index contributed by atoms with van der Waals surface area (Å²) in [5, 5.41) is 42.8. The molecule has 0 saturated heterocycles. The van der Waals surface area contributed by atoms with E-state index in [-0.39, 0.29) is 33.3 Å². The molecule has 0 radical (unpaired) electrons. The lowest BCUT2D eigenvalue weighted by Crippen LogP contribution is -2.30. The van der Waals surface area contributed by atoms with E-state index in [0.717, 1.165) is 27.6 Å². The SMILES string of the molecule is NC(=O)CC(=O)N(c1nc(-c2ccc(O)cc2O)cs1)c1nc(-c2ccc(O)cc2O)cs1. The van der Waals surface area contributed by atoms with Crippen molar-refractivity contribution in [3.05, 3.63) is 47.2 Å². The van der Waals surface area contributed by atoms with Crippen LogP contribution in [-0.4, -0.2) is 42.2 Å². The van der Waals surface area contributed by atoms with Gasteiger partial charge in [0.1, 0.15) is 29.4 Å². The molecule has 4 aromatic rings. The summed E-state index contributed by atoms with van der Waals surface area (Å²) in [4.78, 5) is 34.2. The van der Waals surface area contributed by atoms with Crippen molar-refractivity contribution in [3.8, 4) is 45.5 Å². The first kappa shape index (κ1) is 22.0. The molecule has 0 bridgehead atoms. The molecule has 0 fully saturated rings. The maximum absolute atomic E-state index is 12.9. The van der Waals surface area contributed by atoms with Crippen LogP contribution in [-0.2, 0) is 9.59 Å². The molecule has 2 amide bonds. The lowest BCUT2D eigenvalue weighted by Gasteiger charge is -2.16. The molecule has 0 unspecified atom stereocenters. The molecule has 2 aromatic carbocycles. The third-order valence-electron chi connectivity index (χ3n) is 4.46. The lowest BCUT2D eigenvalue weighted by atomic mass is 10.1. The predicted octanol–water partition coefficient (Wildman–Crippen LogP) is 3.30. The minimum absolute atomic E-state index is 0.113. The van der Waals surface area contributed by atoms with Crippen molar-refractivity contribution < 1.29 is 30.0 Å². The van der Waals surface area contributed by atoms with Gasteiger partial charge in [0, 0.05) is 34.0 Å². The van der Waals surface area contributed by atoms with E-state index in [1.54, 1.807) is 10.8 Å². The summed E-state index contributed by atoms with van der Waals surface area (Å²) < 4.78 is 0. The van der Waals surface area contributed by atoms with Crippen LogP contribution in [0.5, 0.6) is 23.0 Å². The first-order chi connectivity index (χ1) is 15.7. The summed E-state index contributed by atoms with van der Waals surface area (Å²) in [5.41, 5.74) is 6.58. The van der Waals surface area contributed by atoms with Gasteiger partial charge in [0.05, 0.1) is 11.4 Å². The maximum atomic E-state index is 12.9. The van der Waals surface area contributed by atoms with E-state index in [0.29, 0.717) is 22.5 Å². The summed E-state index contributed by atoms with van der Waals surface area (Å²) in [7, 11) is 0. The summed E-state index contributed by atoms with van der Waals surface area (Å²) in [6.07, 6.45) is -0.585. The molecule has 0 atom stereocenters. The minimum Gasteiger partial charge on any atom is -0.508 e. The largest absolute Gasteiger partial charge is 0.508 e. The van der Waals surface area contributed by atoms with Crippen LogP contribution in [0, 0.1) is 0 Å². The molecule has 12 heteroatoms. The molecule has 0 saturated carbocycles. The van der Waals surface area contributed by atoms with Crippen LogP contribution in [0.3, 0.4) is 0 Å².